The maximum Gasteiger partial charge on any atom is 0.333 e. The van der Waals surface area contributed by atoms with Crippen molar-refractivity contribution in [1.29, 1.82) is 0 Å². The third-order valence-corrected chi connectivity index (χ3v) is 5.24. The van der Waals surface area contributed by atoms with Gasteiger partial charge in [0, 0.05) is 19.2 Å². The lowest BCUT2D eigenvalue weighted by molar-refractivity contribution is -0.139. The largest absolute Gasteiger partial charge is 0.463 e. The molecule has 1 aliphatic rings. The number of nitrogens with one attached hydrogen (secondary N) is 2. The van der Waals surface area contributed by atoms with Crippen LogP contribution in [0.2, 0.25) is 0 Å². The van der Waals surface area contributed by atoms with Crippen LogP contribution in [-0.4, -0.2) is 62.0 Å². The van der Waals surface area contributed by atoms with Crippen LogP contribution in [0.15, 0.2) is 11.6 Å². The smallest absolute Gasteiger partial charge is 0.333 e. The fraction of sp³-hybridized carbons (Fsp3) is 0.792. The zero-order valence-corrected chi connectivity index (χ0v) is 21.3. The Bertz CT molecular complexity index is 625. The molecule has 4 atom stereocenters. The van der Waals surface area contributed by atoms with Crippen LogP contribution in [0.4, 0.5) is 0 Å². The maximum atomic E-state index is 13.0. The second kappa shape index (κ2) is 13.5. The minimum atomic E-state index is -0.661. The van der Waals surface area contributed by atoms with E-state index in [0.29, 0.717) is 24.0 Å². The summed E-state index contributed by atoms with van der Waals surface area (Å²) < 4.78 is 4.95. The molecule has 1 fully saturated rings. The van der Waals surface area contributed by atoms with Crippen molar-refractivity contribution >= 4 is 17.8 Å². The summed E-state index contributed by atoms with van der Waals surface area (Å²) in [6.45, 7) is 16.1. The highest BCUT2D eigenvalue weighted by Crippen LogP contribution is 2.40. The molecule has 0 aliphatic heterocycles. The molecule has 0 saturated heterocycles. The molecule has 180 valence electrons. The predicted molar refractivity (Wildman–Crippen MR) is 125 cm³/mol. The fourth-order valence-corrected chi connectivity index (χ4v) is 3.15. The van der Waals surface area contributed by atoms with E-state index >= 15 is 0 Å². The number of carbonyl (C=O) groups excluding carboxylic acids is 3. The summed E-state index contributed by atoms with van der Waals surface area (Å²) in [5.74, 6) is 0.114. The van der Waals surface area contributed by atoms with E-state index in [4.69, 9.17) is 4.74 Å². The number of ether oxygens (including phenoxy) is 1. The van der Waals surface area contributed by atoms with Gasteiger partial charge in [-0.1, -0.05) is 54.0 Å². The molecular formula is C24H45N3O4. The van der Waals surface area contributed by atoms with Gasteiger partial charge in [0.15, 0.2) is 0 Å². The summed E-state index contributed by atoms with van der Waals surface area (Å²) >= 11 is 0. The highest BCUT2D eigenvalue weighted by molar-refractivity contribution is 5.91. The quantitative estimate of drug-likeness (QED) is 0.426. The van der Waals surface area contributed by atoms with E-state index < -0.39 is 11.5 Å². The van der Waals surface area contributed by atoms with Gasteiger partial charge in [0.2, 0.25) is 11.8 Å². The maximum absolute atomic E-state index is 13.0. The van der Waals surface area contributed by atoms with Crippen molar-refractivity contribution in [1.82, 2.24) is 15.5 Å². The SMILES string of the molecule is CCC.CCOC(=O)/C(C)=C/CN(C)C(=O)C(NC(=O)C(NC)C1CC1C)C(C)(C)C. The first-order valence-electron chi connectivity index (χ1n) is 11.4. The van der Waals surface area contributed by atoms with E-state index in [1.54, 1.807) is 34.0 Å². The summed E-state index contributed by atoms with van der Waals surface area (Å²) in [7, 11) is 3.44. The molecule has 7 heteroatoms. The van der Waals surface area contributed by atoms with Crippen LogP contribution in [0.5, 0.6) is 0 Å². The lowest BCUT2D eigenvalue weighted by Gasteiger charge is -2.34. The van der Waals surface area contributed by atoms with Gasteiger partial charge in [0.25, 0.3) is 0 Å². The average Bonchev–Trinajstić information content (AvgIpc) is 3.39. The lowest BCUT2D eigenvalue weighted by atomic mass is 9.85. The average molecular weight is 440 g/mol. The lowest BCUT2D eigenvalue weighted by Crippen LogP contribution is -2.57. The van der Waals surface area contributed by atoms with Gasteiger partial charge in [-0.2, -0.15) is 0 Å². The molecular weight excluding hydrogens is 394 g/mol. The first kappa shape index (κ1) is 29.1. The Morgan fingerprint density at radius 2 is 1.71 bits per heavy atom. The number of esters is 1. The van der Waals surface area contributed by atoms with Crippen molar-refractivity contribution in [3.05, 3.63) is 11.6 Å². The van der Waals surface area contributed by atoms with Crippen LogP contribution in [-0.2, 0) is 19.1 Å². The molecule has 31 heavy (non-hydrogen) atoms. The predicted octanol–water partition coefficient (Wildman–Crippen LogP) is 3.15. The molecule has 4 unspecified atom stereocenters. The van der Waals surface area contributed by atoms with Gasteiger partial charge in [-0.25, -0.2) is 4.79 Å². The molecule has 1 aliphatic carbocycles. The number of likely N-dealkylation sites (N-methyl/N-ethyl adjacent to an activating group) is 2. The number of carbonyl (C=O) groups is 3. The van der Waals surface area contributed by atoms with Gasteiger partial charge in [0.05, 0.1) is 12.6 Å². The molecule has 1 saturated carbocycles. The molecule has 7 nitrogen and oxygen atoms in total. The Labute approximate surface area is 189 Å². The van der Waals surface area contributed by atoms with E-state index in [0.717, 1.165) is 6.42 Å². The molecule has 0 aromatic carbocycles. The van der Waals surface area contributed by atoms with E-state index in [1.807, 2.05) is 20.8 Å². The fourth-order valence-electron chi connectivity index (χ4n) is 3.15. The summed E-state index contributed by atoms with van der Waals surface area (Å²) in [5, 5.41) is 6.04. The number of amides is 2. The van der Waals surface area contributed by atoms with Crippen molar-refractivity contribution in [2.24, 2.45) is 17.3 Å². The van der Waals surface area contributed by atoms with Crippen LogP contribution in [0.25, 0.3) is 0 Å². The molecule has 1 rings (SSSR count). The summed E-state index contributed by atoms with van der Waals surface area (Å²) in [6, 6.07) is -0.949. The molecule has 0 radical (unpaired) electrons. The van der Waals surface area contributed by atoms with Gasteiger partial charge in [-0.3, -0.25) is 9.59 Å². The van der Waals surface area contributed by atoms with E-state index in [2.05, 4.69) is 31.4 Å². The number of rotatable bonds is 9. The van der Waals surface area contributed by atoms with Gasteiger partial charge < -0.3 is 20.3 Å². The van der Waals surface area contributed by atoms with Crippen LogP contribution in [0.3, 0.4) is 0 Å². The number of hydrogen-bond donors (Lipinski definition) is 2. The molecule has 0 aromatic rings. The molecule has 0 spiro atoms. The van der Waals surface area contributed by atoms with E-state index in [1.165, 1.54) is 11.3 Å². The van der Waals surface area contributed by atoms with Crippen LogP contribution in [0, 0.1) is 17.3 Å². The van der Waals surface area contributed by atoms with Gasteiger partial charge in [0.1, 0.15) is 6.04 Å². The van der Waals surface area contributed by atoms with Crippen molar-refractivity contribution in [3.63, 3.8) is 0 Å². The highest BCUT2D eigenvalue weighted by atomic mass is 16.5. The highest BCUT2D eigenvalue weighted by Gasteiger charge is 2.44. The van der Waals surface area contributed by atoms with E-state index in [9.17, 15) is 14.4 Å². The zero-order valence-electron chi connectivity index (χ0n) is 21.3. The Kier molecular flexibility index (Phi) is 12.7. The molecule has 0 bridgehead atoms. The standard InChI is InChI=1S/C21H37N3O4.C3H8/c1-9-28-20(27)13(2)10-11-24(8)19(26)17(21(4,5)6)23-18(25)16(22-7)15-12-14(15)3;1-3-2/h10,14-17,22H,9,11-12H2,1-8H3,(H,23,25);3H2,1-2H3/b13-10+;. The third-order valence-electron chi connectivity index (χ3n) is 5.24. The van der Waals surface area contributed by atoms with Crippen molar-refractivity contribution < 1.29 is 19.1 Å². The topological polar surface area (TPSA) is 87.7 Å². The first-order chi connectivity index (χ1) is 14.3. The Morgan fingerprint density at radius 1 is 1.19 bits per heavy atom. The van der Waals surface area contributed by atoms with Crippen molar-refractivity contribution in [2.45, 2.75) is 80.3 Å². The Morgan fingerprint density at radius 3 is 2.10 bits per heavy atom. The molecule has 0 heterocycles. The van der Waals surface area contributed by atoms with Gasteiger partial charge in [-0.05, 0) is 44.6 Å². The minimum absolute atomic E-state index is 0.142. The molecule has 2 amide bonds. The third kappa shape index (κ3) is 9.85. The van der Waals surface area contributed by atoms with E-state index in [-0.39, 0.29) is 30.4 Å². The minimum Gasteiger partial charge on any atom is -0.463 e. The molecule has 2 N–H and O–H groups in total. The molecule has 0 aromatic heterocycles. The summed E-state index contributed by atoms with van der Waals surface area (Å²) in [5.41, 5.74) is 0.00442. The Balaban J connectivity index is 0.00000282. The summed E-state index contributed by atoms with van der Waals surface area (Å²) in [6.07, 6.45) is 3.94. The van der Waals surface area contributed by atoms with Crippen LogP contribution in [0.1, 0.15) is 68.2 Å². The van der Waals surface area contributed by atoms with Gasteiger partial charge in [-0.15, -0.1) is 0 Å². The van der Waals surface area contributed by atoms with Crippen molar-refractivity contribution in [3.8, 4) is 0 Å². The van der Waals surface area contributed by atoms with Crippen LogP contribution >= 0.6 is 0 Å². The Hall–Kier alpha value is -1.89. The van der Waals surface area contributed by atoms with Gasteiger partial charge >= 0.3 is 5.97 Å². The second-order valence-electron chi connectivity index (χ2n) is 9.48. The normalized spacial score (nSPS) is 20.0. The van der Waals surface area contributed by atoms with Crippen LogP contribution < -0.4 is 10.6 Å². The summed E-state index contributed by atoms with van der Waals surface area (Å²) in [4.78, 5) is 39.1. The first-order valence-corrected chi connectivity index (χ1v) is 11.4. The number of nitrogens with zero attached hydrogens (tertiary/aromatic N) is 1. The zero-order chi connectivity index (χ0) is 24.4. The van der Waals surface area contributed by atoms with Crippen molar-refractivity contribution in [2.75, 3.05) is 27.2 Å². The monoisotopic (exact) mass is 439 g/mol. The second-order valence-corrected chi connectivity index (χ2v) is 9.48. The number of hydrogen-bond acceptors (Lipinski definition) is 5.